The molecule has 3 aromatic rings. The number of hydrogen-bond donors (Lipinski definition) is 1. The first kappa shape index (κ1) is 20.7. The van der Waals surface area contributed by atoms with Gasteiger partial charge in [-0.3, -0.25) is 9.59 Å². The highest BCUT2D eigenvalue weighted by Crippen LogP contribution is 2.16. The molecule has 1 N–H and O–H groups in total. The number of carbonyl (C=O) groups excluding carboxylic acids is 2. The summed E-state index contributed by atoms with van der Waals surface area (Å²) in [5.41, 5.74) is 3.59. The fraction of sp³-hybridized carbons (Fsp3) is 0.304. The zero-order chi connectivity index (χ0) is 22.0. The van der Waals surface area contributed by atoms with Crippen LogP contribution in [0.2, 0.25) is 0 Å². The van der Waals surface area contributed by atoms with Crippen LogP contribution >= 0.6 is 0 Å². The molecule has 0 aliphatic carbocycles. The Hall–Kier alpha value is -3.55. The van der Waals surface area contributed by atoms with Crippen LogP contribution in [0, 0.1) is 19.7 Å². The number of nitrogens with one attached hydrogen (secondary N) is 1. The lowest BCUT2D eigenvalue weighted by Crippen LogP contribution is -2.46. The molecule has 1 aromatic heterocycles. The molecular weight excluding hydrogens is 397 g/mol. The largest absolute Gasteiger partial charge is 0.349 e. The highest BCUT2D eigenvalue weighted by molar-refractivity contribution is 5.95. The van der Waals surface area contributed by atoms with Gasteiger partial charge in [0.1, 0.15) is 5.82 Å². The summed E-state index contributed by atoms with van der Waals surface area (Å²) in [6, 6.07) is 11.6. The summed E-state index contributed by atoms with van der Waals surface area (Å²) in [6.45, 7) is 5.04. The second-order valence-electron chi connectivity index (χ2n) is 7.87. The van der Waals surface area contributed by atoms with E-state index in [1.807, 2.05) is 32.0 Å². The Bertz CT molecular complexity index is 1120. The molecule has 1 saturated heterocycles. The van der Waals surface area contributed by atoms with E-state index >= 15 is 0 Å². The van der Waals surface area contributed by atoms with E-state index in [4.69, 9.17) is 0 Å². The third kappa shape index (κ3) is 4.63. The molecule has 2 aromatic carbocycles. The van der Waals surface area contributed by atoms with Gasteiger partial charge in [0.2, 0.25) is 0 Å². The molecule has 2 heterocycles. The molecule has 1 fully saturated rings. The Balaban J connectivity index is 1.34. The number of piperidine rings is 1. The van der Waals surface area contributed by atoms with Gasteiger partial charge in [-0.1, -0.05) is 17.3 Å². The van der Waals surface area contributed by atoms with Gasteiger partial charge in [0.25, 0.3) is 11.8 Å². The number of benzene rings is 2. The lowest BCUT2D eigenvalue weighted by atomic mass is 10.0. The summed E-state index contributed by atoms with van der Waals surface area (Å²) in [6.07, 6.45) is 2.84. The molecule has 1 aliphatic heterocycles. The third-order valence-corrected chi connectivity index (χ3v) is 5.67. The number of hydrogen-bond acceptors (Lipinski definition) is 4. The maximum absolute atomic E-state index is 13.4. The third-order valence-electron chi connectivity index (χ3n) is 5.67. The van der Waals surface area contributed by atoms with E-state index in [2.05, 4.69) is 15.6 Å². The standard InChI is InChI=1S/C23H24FN5O2/c1-15-6-7-17(12-16(15)2)22(30)25-19-8-10-28(11-9-19)23(31)21-14-29(27-26-21)20-5-3-4-18(24)13-20/h3-7,12-14,19H,8-11H2,1-2H3,(H,25,30). The van der Waals surface area contributed by atoms with E-state index in [0.29, 0.717) is 37.2 Å². The fourth-order valence-electron chi connectivity index (χ4n) is 3.65. The molecular formula is C23H24FN5O2. The first-order valence-electron chi connectivity index (χ1n) is 10.3. The maximum Gasteiger partial charge on any atom is 0.276 e. The van der Waals surface area contributed by atoms with E-state index < -0.39 is 0 Å². The minimum Gasteiger partial charge on any atom is -0.349 e. The van der Waals surface area contributed by atoms with Crippen LogP contribution in [0.1, 0.15) is 44.8 Å². The van der Waals surface area contributed by atoms with E-state index in [1.54, 1.807) is 17.0 Å². The van der Waals surface area contributed by atoms with Gasteiger partial charge in [0.15, 0.2) is 5.69 Å². The van der Waals surface area contributed by atoms with E-state index in [1.165, 1.54) is 23.0 Å². The van der Waals surface area contributed by atoms with E-state index in [9.17, 15) is 14.0 Å². The average molecular weight is 421 g/mol. The van der Waals surface area contributed by atoms with Crippen molar-refractivity contribution < 1.29 is 14.0 Å². The van der Waals surface area contributed by atoms with Crippen LogP contribution in [0.5, 0.6) is 0 Å². The van der Waals surface area contributed by atoms with Gasteiger partial charge in [0, 0.05) is 24.7 Å². The predicted octanol–water partition coefficient (Wildman–Crippen LogP) is 3.06. The Morgan fingerprint density at radius 1 is 1.06 bits per heavy atom. The van der Waals surface area contributed by atoms with Crippen LogP contribution in [0.15, 0.2) is 48.7 Å². The number of aromatic nitrogens is 3. The Labute approximate surface area is 179 Å². The topological polar surface area (TPSA) is 80.1 Å². The van der Waals surface area contributed by atoms with Gasteiger partial charge in [-0.05, 0) is 68.1 Å². The molecule has 0 atom stereocenters. The van der Waals surface area contributed by atoms with Crippen LogP contribution in [-0.2, 0) is 0 Å². The second-order valence-corrected chi connectivity index (χ2v) is 7.87. The molecule has 0 bridgehead atoms. The van der Waals surface area contributed by atoms with E-state index in [-0.39, 0.29) is 29.4 Å². The molecule has 2 amide bonds. The lowest BCUT2D eigenvalue weighted by Gasteiger charge is -2.32. The summed E-state index contributed by atoms with van der Waals surface area (Å²) in [4.78, 5) is 27.0. The average Bonchev–Trinajstić information content (AvgIpc) is 3.26. The summed E-state index contributed by atoms with van der Waals surface area (Å²) in [5.74, 6) is -0.696. The number of likely N-dealkylation sites (tertiary alicyclic amines) is 1. The summed E-state index contributed by atoms with van der Waals surface area (Å²) in [5, 5.41) is 11.0. The van der Waals surface area contributed by atoms with Crippen LogP contribution in [0.3, 0.4) is 0 Å². The molecule has 0 unspecified atom stereocenters. The molecule has 0 spiro atoms. The molecule has 4 rings (SSSR count). The number of nitrogens with zero attached hydrogens (tertiary/aromatic N) is 4. The van der Waals surface area contributed by atoms with Crippen molar-refractivity contribution in [1.82, 2.24) is 25.2 Å². The quantitative estimate of drug-likeness (QED) is 0.702. The summed E-state index contributed by atoms with van der Waals surface area (Å²) >= 11 is 0. The SMILES string of the molecule is Cc1ccc(C(=O)NC2CCN(C(=O)c3cn(-c4cccc(F)c4)nn3)CC2)cc1C. The minimum atomic E-state index is -0.384. The van der Waals surface area contributed by atoms with Gasteiger partial charge in [-0.2, -0.15) is 0 Å². The summed E-state index contributed by atoms with van der Waals surface area (Å²) < 4.78 is 14.8. The van der Waals surface area contributed by atoms with Gasteiger partial charge in [0.05, 0.1) is 11.9 Å². The molecule has 31 heavy (non-hydrogen) atoms. The predicted molar refractivity (Wildman–Crippen MR) is 114 cm³/mol. The normalized spacial score (nSPS) is 14.5. The van der Waals surface area contributed by atoms with Crippen molar-refractivity contribution in [3.05, 3.63) is 76.9 Å². The number of halogens is 1. The first-order chi connectivity index (χ1) is 14.9. The monoisotopic (exact) mass is 421 g/mol. The van der Waals surface area contributed by atoms with Crippen LogP contribution in [0.4, 0.5) is 4.39 Å². The first-order valence-corrected chi connectivity index (χ1v) is 10.3. The zero-order valence-electron chi connectivity index (χ0n) is 17.5. The summed E-state index contributed by atoms with van der Waals surface area (Å²) in [7, 11) is 0. The molecule has 8 heteroatoms. The highest BCUT2D eigenvalue weighted by Gasteiger charge is 2.26. The van der Waals surface area contributed by atoms with Crippen molar-refractivity contribution >= 4 is 11.8 Å². The number of amides is 2. The van der Waals surface area contributed by atoms with Gasteiger partial charge in [-0.15, -0.1) is 5.10 Å². The minimum absolute atomic E-state index is 0.0149. The van der Waals surface area contributed by atoms with Crippen molar-refractivity contribution in [2.24, 2.45) is 0 Å². The lowest BCUT2D eigenvalue weighted by molar-refractivity contribution is 0.0692. The van der Waals surface area contributed by atoms with Crippen molar-refractivity contribution in [3.63, 3.8) is 0 Å². The zero-order valence-corrected chi connectivity index (χ0v) is 17.5. The Kier molecular flexibility index (Phi) is 5.79. The maximum atomic E-state index is 13.4. The van der Waals surface area contributed by atoms with Gasteiger partial charge < -0.3 is 10.2 Å². The number of aryl methyl sites for hydroxylation is 2. The van der Waals surface area contributed by atoms with Crippen molar-refractivity contribution in [3.8, 4) is 5.69 Å². The Morgan fingerprint density at radius 2 is 1.84 bits per heavy atom. The molecule has 1 aliphatic rings. The van der Waals surface area contributed by atoms with E-state index in [0.717, 1.165) is 11.1 Å². The number of carbonyl (C=O) groups is 2. The molecule has 0 radical (unpaired) electrons. The van der Waals surface area contributed by atoms with Gasteiger partial charge >= 0.3 is 0 Å². The smallest absolute Gasteiger partial charge is 0.276 e. The Morgan fingerprint density at radius 3 is 2.55 bits per heavy atom. The molecule has 160 valence electrons. The van der Waals surface area contributed by atoms with Crippen LogP contribution in [0.25, 0.3) is 5.69 Å². The van der Waals surface area contributed by atoms with Gasteiger partial charge in [-0.25, -0.2) is 9.07 Å². The van der Waals surface area contributed by atoms with Crippen LogP contribution < -0.4 is 5.32 Å². The molecule has 7 nitrogen and oxygen atoms in total. The number of rotatable bonds is 4. The van der Waals surface area contributed by atoms with Crippen LogP contribution in [-0.4, -0.2) is 50.8 Å². The highest BCUT2D eigenvalue weighted by atomic mass is 19.1. The fourth-order valence-corrected chi connectivity index (χ4v) is 3.65. The van der Waals surface area contributed by atoms with Crippen molar-refractivity contribution in [2.75, 3.05) is 13.1 Å². The van der Waals surface area contributed by atoms with Crippen molar-refractivity contribution in [2.45, 2.75) is 32.7 Å². The van der Waals surface area contributed by atoms with Crippen molar-refractivity contribution in [1.29, 1.82) is 0 Å². The molecule has 0 saturated carbocycles. The second kappa shape index (κ2) is 8.67.